The average Bonchev–Trinajstić information content (AvgIpc) is 3.21. The molecule has 0 aliphatic carbocycles. The standard InChI is InChI=1S/C25H29N5O/c1-17(2)12-14-28-23-15-19(11-13-26)9-10-20(23)27-24(28)16-29-21-7-5-6-8-22(21)30(18(3)4)25(29)31/h5-10,15,17-18H,11-12,14,16H2,1-4H3. The Balaban J connectivity index is 1.87. The van der Waals surface area contributed by atoms with E-state index in [1.165, 1.54) is 0 Å². The van der Waals surface area contributed by atoms with E-state index in [1.54, 1.807) is 0 Å². The minimum absolute atomic E-state index is 0.0103. The van der Waals surface area contributed by atoms with Crippen molar-refractivity contribution >= 4 is 22.1 Å². The molecule has 0 saturated carbocycles. The third-order valence-corrected chi connectivity index (χ3v) is 5.79. The molecule has 2 aromatic heterocycles. The predicted molar refractivity (Wildman–Crippen MR) is 124 cm³/mol. The molecule has 31 heavy (non-hydrogen) atoms. The molecule has 2 aromatic carbocycles. The number of fused-ring (bicyclic) bond motifs is 2. The molecule has 0 unspecified atom stereocenters. The van der Waals surface area contributed by atoms with E-state index in [0.717, 1.165) is 46.4 Å². The van der Waals surface area contributed by atoms with Crippen molar-refractivity contribution in [3.8, 4) is 6.07 Å². The number of benzene rings is 2. The van der Waals surface area contributed by atoms with Crippen LogP contribution in [0.25, 0.3) is 22.1 Å². The quantitative estimate of drug-likeness (QED) is 0.431. The van der Waals surface area contributed by atoms with Gasteiger partial charge in [0.2, 0.25) is 0 Å². The van der Waals surface area contributed by atoms with Crippen molar-refractivity contribution in [3.63, 3.8) is 0 Å². The lowest BCUT2D eigenvalue weighted by molar-refractivity contribution is 0.504. The van der Waals surface area contributed by atoms with E-state index >= 15 is 0 Å². The second-order valence-corrected chi connectivity index (χ2v) is 8.84. The molecule has 2 heterocycles. The van der Waals surface area contributed by atoms with Crippen molar-refractivity contribution in [1.82, 2.24) is 18.7 Å². The molecule has 160 valence electrons. The topological polar surface area (TPSA) is 68.5 Å². The van der Waals surface area contributed by atoms with E-state index in [2.05, 4.69) is 30.6 Å². The van der Waals surface area contributed by atoms with Gasteiger partial charge in [0.15, 0.2) is 0 Å². The summed E-state index contributed by atoms with van der Waals surface area (Å²) < 4.78 is 5.91. The van der Waals surface area contributed by atoms with Gasteiger partial charge < -0.3 is 4.57 Å². The minimum atomic E-state index is -0.0103. The first-order valence-corrected chi connectivity index (χ1v) is 11.0. The van der Waals surface area contributed by atoms with Crippen molar-refractivity contribution in [3.05, 3.63) is 64.3 Å². The van der Waals surface area contributed by atoms with Crippen LogP contribution in [0, 0.1) is 17.2 Å². The molecule has 0 bridgehead atoms. The molecule has 0 radical (unpaired) electrons. The number of para-hydroxylation sites is 2. The molecule has 0 spiro atoms. The van der Waals surface area contributed by atoms with E-state index in [9.17, 15) is 4.79 Å². The zero-order valence-electron chi connectivity index (χ0n) is 18.7. The maximum absolute atomic E-state index is 13.3. The van der Waals surface area contributed by atoms with Crippen LogP contribution in [0.4, 0.5) is 0 Å². The molecule has 4 aromatic rings. The predicted octanol–water partition coefficient (Wildman–Crippen LogP) is 4.89. The van der Waals surface area contributed by atoms with Crippen LogP contribution in [0.1, 0.15) is 51.5 Å². The fourth-order valence-electron chi connectivity index (χ4n) is 4.20. The lowest BCUT2D eigenvalue weighted by Gasteiger charge is -2.12. The molecule has 4 rings (SSSR count). The van der Waals surface area contributed by atoms with Crippen molar-refractivity contribution in [2.75, 3.05) is 0 Å². The summed E-state index contributed by atoms with van der Waals surface area (Å²) in [7, 11) is 0. The highest BCUT2D eigenvalue weighted by Gasteiger charge is 2.18. The Morgan fingerprint density at radius 1 is 1.00 bits per heavy atom. The van der Waals surface area contributed by atoms with Gasteiger partial charge in [-0.2, -0.15) is 5.26 Å². The first-order valence-electron chi connectivity index (χ1n) is 11.0. The molecule has 0 saturated heterocycles. The van der Waals surface area contributed by atoms with Gasteiger partial charge in [-0.1, -0.05) is 32.0 Å². The van der Waals surface area contributed by atoms with Gasteiger partial charge in [-0.05, 0) is 56.0 Å². The van der Waals surface area contributed by atoms with Gasteiger partial charge in [0.25, 0.3) is 0 Å². The highest BCUT2D eigenvalue weighted by molar-refractivity contribution is 5.78. The number of imidazole rings is 2. The maximum atomic E-state index is 13.3. The molecule has 0 N–H and O–H groups in total. The molecule has 0 aliphatic heterocycles. The Bertz CT molecular complexity index is 1330. The molecular weight excluding hydrogens is 386 g/mol. The lowest BCUT2D eigenvalue weighted by Crippen LogP contribution is -2.27. The first-order chi connectivity index (χ1) is 14.9. The van der Waals surface area contributed by atoms with Crippen LogP contribution in [0.5, 0.6) is 0 Å². The summed E-state index contributed by atoms with van der Waals surface area (Å²) in [5.41, 5.74) is 4.78. The van der Waals surface area contributed by atoms with Gasteiger partial charge in [-0.15, -0.1) is 0 Å². The van der Waals surface area contributed by atoms with E-state index < -0.39 is 0 Å². The summed E-state index contributed by atoms with van der Waals surface area (Å²) in [5, 5.41) is 9.10. The van der Waals surface area contributed by atoms with Crippen molar-refractivity contribution in [2.24, 2.45) is 5.92 Å². The number of aromatic nitrogens is 4. The summed E-state index contributed by atoms with van der Waals surface area (Å²) in [6.07, 6.45) is 1.39. The lowest BCUT2D eigenvalue weighted by atomic mass is 10.1. The molecule has 0 atom stereocenters. The minimum Gasteiger partial charge on any atom is -0.326 e. The summed E-state index contributed by atoms with van der Waals surface area (Å²) >= 11 is 0. The summed E-state index contributed by atoms with van der Waals surface area (Å²) in [6, 6.07) is 16.3. The highest BCUT2D eigenvalue weighted by atomic mass is 16.1. The zero-order chi connectivity index (χ0) is 22.1. The monoisotopic (exact) mass is 415 g/mol. The van der Waals surface area contributed by atoms with Gasteiger partial charge in [-0.25, -0.2) is 9.78 Å². The van der Waals surface area contributed by atoms with Crippen LogP contribution in [0.2, 0.25) is 0 Å². The van der Waals surface area contributed by atoms with Gasteiger partial charge in [0.05, 0.1) is 41.1 Å². The van der Waals surface area contributed by atoms with Crippen LogP contribution >= 0.6 is 0 Å². The van der Waals surface area contributed by atoms with Gasteiger partial charge in [0.1, 0.15) is 5.82 Å². The third kappa shape index (κ3) is 3.88. The summed E-state index contributed by atoms with van der Waals surface area (Å²) in [5.74, 6) is 1.43. The smallest absolute Gasteiger partial charge is 0.326 e. The summed E-state index contributed by atoms with van der Waals surface area (Å²) in [6.45, 7) is 9.73. The zero-order valence-corrected chi connectivity index (χ0v) is 18.7. The van der Waals surface area contributed by atoms with E-state index in [1.807, 2.05) is 59.4 Å². The van der Waals surface area contributed by atoms with Crippen molar-refractivity contribution in [1.29, 1.82) is 5.26 Å². The van der Waals surface area contributed by atoms with Crippen LogP contribution < -0.4 is 5.69 Å². The molecule has 0 aliphatic rings. The normalized spacial score (nSPS) is 11.8. The van der Waals surface area contributed by atoms with Crippen molar-refractivity contribution in [2.45, 2.75) is 59.7 Å². The van der Waals surface area contributed by atoms with E-state index in [0.29, 0.717) is 18.9 Å². The van der Waals surface area contributed by atoms with E-state index in [4.69, 9.17) is 10.2 Å². The largest absolute Gasteiger partial charge is 0.329 e. The first kappa shape index (κ1) is 20.9. The summed E-state index contributed by atoms with van der Waals surface area (Å²) in [4.78, 5) is 18.2. The highest BCUT2D eigenvalue weighted by Crippen LogP contribution is 2.23. The Kier molecular flexibility index (Phi) is 5.69. The molecule has 0 amide bonds. The fraction of sp³-hybridized carbons (Fsp3) is 0.400. The molecule has 0 fully saturated rings. The Morgan fingerprint density at radius 2 is 1.74 bits per heavy atom. The average molecular weight is 416 g/mol. The second-order valence-electron chi connectivity index (χ2n) is 8.84. The Hall–Kier alpha value is -3.33. The van der Waals surface area contributed by atoms with E-state index in [-0.39, 0.29) is 11.7 Å². The fourth-order valence-corrected chi connectivity index (χ4v) is 4.20. The number of aryl methyl sites for hydroxylation is 1. The number of rotatable bonds is 7. The molecular formula is C25H29N5O. The van der Waals surface area contributed by atoms with Gasteiger partial charge in [-0.3, -0.25) is 9.13 Å². The number of hydrogen-bond acceptors (Lipinski definition) is 3. The van der Waals surface area contributed by atoms with Crippen molar-refractivity contribution < 1.29 is 0 Å². The van der Waals surface area contributed by atoms with Gasteiger partial charge in [0, 0.05) is 12.6 Å². The van der Waals surface area contributed by atoms with Crippen LogP contribution in [-0.4, -0.2) is 18.7 Å². The SMILES string of the molecule is CC(C)CCn1c(Cn2c(=O)n(C(C)C)c3ccccc32)nc2ccc(CC#N)cc21. The van der Waals surface area contributed by atoms with Crippen LogP contribution in [-0.2, 0) is 19.5 Å². The number of hydrogen-bond donors (Lipinski definition) is 0. The second kappa shape index (κ2) is 8.43. The maximum Gasteiger partial charge on any atom is 0.329 e. The molecule has 6 heteroatoms. The van der Waals surface area contributed by atoms with Gasteiger partial charge >= 0.3 is 5.69 Å². The third-order valence-electron chi connectivity index (χ3n) is 5.79. The van der Waals surface area contributed by atoms with Crippen LogP contribution in [0.3, 0.4) is 0 Å². The number of nitriles is 1. The molecule has 6 nitrogen and oxygen atoms in total. The Labute approximate surface area is 182 Å². The Morgan fingerprint density at radius 3 is 2.42 bits per heavy atom. The van der Waals surface area contributed by atoms with Crippen LogP contribution in [0.15, 0.2) is 47.3 Å². The number of nitrogens with zero attached hydrogens (tertiary/aromatic N) is 5.